The van der Waals surface area contributed by atoms with E-state index in [0.717, 1.165) is 0 Å². The summed E-state index contributed by atoms with van der Waals surface area (Å²) in [7, 11) is 0. The fraction of sp³-hybridized carbons (Fsp3) is 0.889. The molecule has 1 N–H and O–H groups in total. The Morgan fingerprint density at radius 2 is 2.08 bits per heavy atom. The van der Waals surface area contributed by atoms with Crippen molar-refractivity contribution in [1.82, 2.24) is 5.32 Å². The molecule has 0 spiro atoms. The van der Waals surface area contributed by atoms with Gasteiger partial charge in [0.1, 0.15) is 0 Å². The first kappa shape index (κ1) is 10.0. The molecule has 1 amide bonds. The summed E-state index contributed by atoms with van der Waals surface area (Å²) in [6.45, 7) is 6.04. The van der Waals surface area contributed by atoms with E-state index in [2.05, 4.69) is 35.1 Å². The second-order valence-corrected chi connectivity index (χ2v) is 5.47. The molecule has 1 rings (SSSR count). The standard InChI is InChI=1S/C9H16BrNO/c1-6(10)8(12)11-9(2,3)7-4-5-7/h6-7H,4-5H2,1-3H3,(H,11,12). The Bertz CT molecular complexity index is 185. The van der Waals surface area contributed by atoms with Crippen LogP contribution in [0.2, 0.25) is 0 Å². The third kappa shape index (κ3) is 2.47. The highest BCUT2D eigenvalue weighted by molar-refractivity contribution is 9.10. The third-order valence-corrected chi connectivity index (χ3v) is 2.82. The van der Waals surface area contributed by atoms with E-state index in [-0.39, 0.29) is 16.3 Å². The van der Waals surface area contributed by atoms with Gasteiger partial charge in [0.15, 0.2) is 0 Å². The Morgan fingerprint density at radius 1 is 1.58 bits per heavy atom. The predicted molar refractivity (Wildman–Crippen MR) is 53.3 cm³/mol. The van der Waals surface area contributed by atoms with Gasteiger partial charge in [-0.3, -0.25) is 4.79 Å². The topological polar surface area (TPSA) is 29.1 Å². The van der Waals surface area contributed by atoms with Crippen LogP contribution in [-0.4, -0.2) is 16.3 Å². The maximum Gasteiger partial charge on any atom is 0.233 e. The summed E-state index contributed by atoms with van der Waals surface area (Å²) in [6.07, 6.45) is 2.51. The minimum absolute atomic E-state index is 0.0148. The van der Waals surface area contributed by atoms with Gasteiger partial charge < -0.3 is 5.32 Å². The molecule has 1 aliphatic rings. The Labute approximate surface area is 82.2 Å². The average Bonchev–Trinajstić information content (AvgIpc) is 2.65. The molecule has 1 unspecified atom stereocenters. The molecule has 0 radical (unpaired) electrons. The lowest BCUT2D eigenvalue weighted by Crippen LogP contribution is -2.47. The molecule has 1 saturated carbocycles. The van der Waals surface area contributed by atoms with E-state index < -0.39 is 0 Å². The highest BCUT2D eigenvalue weighted by Crippen LogP contribution is 2.39. The molecule has 12 heavy (non-hydrogen) atoms. The van der Waals surface area contributed by atoms with Crippen molar-refractivity contribution in [2.45, 2.75) is 44.0 Å². The largest absolute Gasteiger partial charge is 0.350 e. The van der Waals surface area contributed by atoms with Gasteiger partial charge in [-0.1, -0.05) is 15.9 Å². The number of hydrogen-bond acceptors (Lipinski definition) is 1. The Kier molecular flexibility index (Phi) is 2.81. The van der Waals surface area contributed by atoms with Gasteiger partial charge in [-0.2, -0.15) is 0 Å². The molecule has 0 saturated heterocycles. The van der Waals surface area contributed by atoms with Crippen molar-refractivity contribution in [3.63, 3.8) is 0 Å². The van der Waals surface area contributed by atoms with Gasteiger partial charge in [0, 0.05) is 5.54 Å². The molecule has 70 valence electrons. The van der Waals surface area contributed by atoms with Gasteiger partial charge >= 0.3 is 0 Å². The van der Waals surface area contributed by atoms with E-state index in [1.165, 1.54) is 12.8 Å². The molecule has 0 aromatic carbocycles. The lowest BCUT2D eigenvalue weighted by Gasteiger charge is -2.26. The maximum atomic E-state index is 11.3. The summed E-state index contributed by atoms with van der Waals surface area (Å²) >= 11 is 3.25. The molecule has 1 aliphatic carbocycles. The second kappa shape index (κ2) is 3.36. The van der Waals surface area contributed by atoms with Gasteiger partial charge in [-0.05, 0) is 39.5 Å². The van der Waals surface area contributed by atoms with E-state index in [1.54, 1.807) is 0 Å². The van der Waals surface area contributed by atoms with Crippen LogP contribution in [0.3, 0.4) is 0 Å². The van der Waals surface area contributed by atoms with E-state index in [9.17, 15) is 4.79 Å². The lowest BCUT2D eigenvalue weighted by atomic mass is 9.99. The number of carbonyl (C=O) groups excluding carboxylic acids is 1. The van der Waals surface area contributed by atoms with E-state index >= 15 is 0 Å². The average molecular weight is 234 g/mol. The fourth-order valence-corrected chi connectivity index (χ4v) is 1.44. The highest BCUT2D eigenvalue weighted by Gasteiger charge is 2.38. The molecule has 0 bridgehead atoms. The van der Waals surface area contributed by atoms with Crippen molar-refractivity contribution < 1.29 is 4.79 Å². The maximum absolute atomic E-state index is 11.3. The number of amides is 1. The molecule has 1 atom stereocenters. The first-order valence-electron chi connectivity index (χ1n) is 4.39. The van der Waals surface area contributed by atoms with Gasteiger partial charge in [0.05, 0.1) is 4.83 Å². The summed E-state index contributed by atoms with van der Waals surface area (Å²) in [5.74, 6) is 0.777. The van der Waals surface area contributed by atoms with Crippen LogP contribution >= 0.6 is 15.9 Å². The fourth-order valence-electron chi connectivity index (χ4n) is 1.32. The number of alkyl halides is 1. The van der Waals surface area contributed by atoms with E-state index in [0.29, 0.717) is 5.92 Å². The van der Waals surface area contributed by atoms with E-state index in [4.69, 9.17) is 0 Å². The summed E-state index contributed by atoms with van der Waals surface area (Å²) in [6, 6.07) is 0. The number of rotatable bonds is 3. The molecule has 0 aliphatic heterocycles. The smallest absolute Gasteiger partial charge is 0.233 e. The Hall–Kier alpha value is -0.0500. The zero-order chi connectivity index (χ0) is 9.35. The van der Waals surface area contributed by atoms with Crippen molar-refractivity contribution >= 4 is 21.8 Å². The number of hydrogen-bond donors (Lipinski definition) is 1. The van der Waals surface area contributed by atoms with Crippen molar-refractivity contribution in [3.05, 3.63) is 0 Å². The van der Waals surface area contributed by atoms with E-state index in [1.807, 2.05) is 6.92 Å². The van der Waals surface area contributed by atoms with Gasteiger partial charge in [-0.15, -0.1) is 0 Å². The minimum Gasteiger partial charge on any atom is -0.350 e. The summed E-state index contributed by atoms with van der Waals surface area (Å²) in [5, 5.41) is 3.03. The summed E-state index contributed by atoms with van der Waals surface area (Å²) < 4.78 is 0. The predicted octanol–water partition coefficient (Wildman–Crippen LogP) is 2.07. The number of halogens is 1. The lowest BCUT2D eigenvalue weighted by molar-refractivity contribution is -0.121. The second-order valence-electron chi connectivity index (χ2n) is 4.10. The number of nitrogens with one attached hydrogen (secondary N) is 1. The van der Waals surface area contributed by atoms with Gasteiger partial charge in [0.2, 0.25) is 5.91 Å². The van der Waals surface area contributed by atoms with Crippen molar-refractivity contribution in [2.75, 3.05) is 0 Å². The number of carbonyl (C=O) groups is 1. The van der Waals surface area contributed by atoms with Crippen molar-refractivity contribution in [2.24, 2.45) is 5.92 Å². The molecule has 0 heterocycles. The van der Waals surface area contributed by atoms with Crippen LogP contribution in [-0.2, 0) is 4.79 Å². The molecule has 1 fully saturated rings. The SMILES string of the molecule is CC(Br)C(=O)NC(C)(C)C1CC1. The molecule has 3 heteroatoms. The van der Waals surface area contributed by atoms with Crippen LogP contribution in [0.5, 0.6) is 0 Å². The highest BCUT2D eigenvalue weighted by atomic mass is 79.9. The first-order chi connectivity index (χ1) is 5.43. The van der Waals surface area contributed by atoms with Crippen LogP contribution in [0.1, 0.15) is 33.6 Å². The molecule has 0 aromatic rings. The van der Waals surface area contributed by atoms with Gasteiger partial charge in [0.25, 0.3) is 0 Å². The normalized spacial score (nSPS) is 20.3. The van der Waals surface area contributed by atoms with Crippen molar-refractivity contribution in [3.8, 4) is 0 Å². The molecule has 0 aromatic heterocycles. The molecule has 2 nitrogen and oxygen atoms in total. The molecular formula is C9H16BrNO. The quantitative estimate of drug-likeness (QED) is 0.744. The van der Waals surface area contributed by atoms with Gasteiger partial charge in [-0.25, -0.2) is 0 Å². The third-order valence-electron chi connectivity index (χ3n) is 2.40. The first-order valence-corrected chi connectivity index (χ1v) is 5.31. The zero-order valence-electron chi connectivity index (χ0n) is 7.86. The summed E-state index contributed by atoms with van der Waals surface area (Å²) in [5.41, 5.74) is -0.0148. The van der Waals surface area contributed by atoms with Crippen molar-refractivity contribution in [1.29, 1.82) is 0 Å². The molecular weight excluding hydrogens is 218 g/mol. The van der Waals surface area contributed by atoms with Crippen LogP contribution < -0.4 is 5.32 Å². The zero-order valence-corrected chi connectivity index (χ0v) is 9.44. The van der Waals surface area contributed by atoms with Crippen LogP contribution in [0, 0.1) is 5.92 Å². The Balaban J connectivity index is 2.43. The minimum atomic E-state index is -0.0875. The van der Waals surface area contributed by atoms with Crippen LogP contribution in [0.4, 0.5) is 0 Å². The van der Waals surface area contributed by atoms with Crippen LogP contribution in [0.25, 0.3) is 0 Å². The Morgan fingerprint density at radius 3 is 2.42 bits per heavy atom. The monoisotopic (exact) mass is 233 g/mol. The summed E-state index contributed by atoms with van der Waals surface area (Å²) in [4.78, 5) is 11.2. The van der Waals surface area contributed by atoms with Crippen LogP contribution in [0.15, 0.2) is 0 Å².